The molecule has 2 atom stereocenters. The van der Waals surface area contributed by atoms with Crippen molar-refractivity contribution in [2.45, 2.75) is 18.8 Å². The van der Waals surface area contributed by atoms with E-state index >= 15 is 0 Å². The first-order valence-electron chi connectivity index (χ1n) is 8.77. The van der Waals surface area contributed by atoms with Gasteiger partial charge in [-0.05, 0) is 41.3 Å². The van der Waals surface area contributed by atoms with Crippen LogP contribution in [0.25, 0.3) is 5.57 Å². The van der Waals surface area contributed by atoms with Crippen LogP contribution in [-0.4, -0.2) is 5.78 Å². The van der Waals surface area contributed by atoms with Gasteiger partial charge in [0.15, 0.2) is 5.78 Å². The summed E-state index contributed by atoms with van der Waals surface area (Å²) in [6, 6.07) is 25.6. The number of halogens is 1. The SMILES string of the molecule is CC1=CC(c2ccc(Cl)cc2)C(C(=O)c2ccccc2)c2ccccc21. The van der Waals surface area contributed by atoms with E-state index in [-0.39, 0.29) is 17.6 Å². The lowest BCUT2D eigenvalue weighted by Gasteiger charge is -2.31. The van der Waals surface area contributed by atoms with Crippen molar-refractivity contribution in [1.29, 1.82) is 0 Å². The third kappa shape index (κ3) is 3.00. The van der Waals surface area contributed by atoms with Crippen LogP contribution in [-0.2, 0) is 0 Å². The van der Waals surface area contributed by atoms with Crippen LogP contribution in [0.5, 0.6) is 0 Å². The van der Waals surface area contributed by atoms with Crippen LogP contribution >= 0.6 is 11.6 Å². The maximum Gasteiger partial charge on any atom is 0.171 e. The highest BCUT2D eigenvalue weighted by Gasteiger charge is 2.35. The molecule has 128 valence electrons. The van der Waals surface area contributed by atoms with Gasteiger partial charge >= 0.3 is 0 Å². The number of carbonyl (C=O) groups excluding carboxylic acids is 1. The lowest BCUT2D eigenvalue weighted by molar-refractivity contribution is 0.0952. The first-order valence-corrected chi connectivity index (χ1v) is 9.15. The normalized spacial score (nSPS) is 18.8. The number of ketones is 1. The van der Waals surface area contributed by atoms with Crippen molar-refractivity contribution >= 4 is 23.0 Å². The van der Waals surface area contributed by atoms with Gasteiger partial charge in [-0.1, -0.05) is 84.4 Å². The fourth-order valence-corrected chi connectivity index (χ4v) is 3.96. The highest BCUT2D eigenvalue weighted by Crippen LogP contribution is 2.45. The zero-order chi connectivity index (χ0) is 18.1. The Hall–Kier alpha value is -2.64. The molecule has 3 aromatic carbocycles. The number of hydrogen-bond acceptors (Lipinski definition) is 1. The molecule has 0 spiro atoms. The van der Waals surface area contributed by atoms with Crippen LogP contribution in [0.15, 0.2) is 84.9 Å². The van der Waals surface area contributed by atoms with Crippen LogP contribution in [0.4, 0.5) is 0 Å². The molecule has 0 heterocycles. The number of hydrogen-bond donors (Lipinski definition) is 0. The maximum absolute atomic E-state index is 13.5. The molecule has 1 aliphatic carbocycles. The average Bonchev–Trinajstić information content (AvgIpc) is 2.69. The lowest BCUT2D eigenvalue weighted by atomic mass is 9.71. The molecular weight excluding hydrogens is 340 g/mol. The Labute approximate surface area is 159 Å². The molecule has 26 heavy (non-hydrogen) atoms. The van der Waals surface area contributed by atoms with Crippen molar-refractivity contribution in [1.82, 2.24) is 0 Å². The highest BCUT2D eigenvalue weighted by atomic mass is 35.5. The van der Waals surface area contributed by atoms with Gasteiger partial charge in [-0.3, -0.25) is 4.79 Å². The molecule has 2 heteroatoms. The predicted molar refractivity (Wildman–Crippen MR) is 108 cm³/mol. The Morgan fingerprint density at radius 3 is 2.23 bits per heavy atom. The van der Waals surface area contributed by atoms with E-state index < -0.39 is 0 Å². The van der Waals surface area contributed by atoms with Gasteiger partial charge in [0.2, 0.25) is 0 Å². The van der Waals surface area contributed by atoms with E-state index in [1.807, 2.05) is 66.7 Å². The Morgan fingerprint density at radius 1 is 0.846 bits per heavy atom. The van der Waals surface area contributed by atoms with Crippen molar-refractivity contribution in [3.63, 3.8) is 0 Å². The molecular formula is C24H19ClO. The molecule has 0 amide bonds. The zero-order valence-corrected chi connectivity index (χ0v) is 15.3. The van der Waals surface area contributed by atoms with Crippen LogP contribution in [0.2, 0.25) is 5.02 Å². The van der Waals surface area contributed by atoms with Crippen molar-refractivity contribution in [2.75, 3.05) is 0 Å². The van der Waals surface area contributed by atoms with Crippen molar-refractivity contribution < 1.29 is 4.79 Å². The average molecular weight is 359 g/mol. The van der Waals surface area contributed by atoms with E-state index in [1.54, 1.807) is 0 Å². The number of fused-ring (bicyclic) bond motifs is 1. The van der Waals surface area contributed by atoms with Gasteiger partial charge in [-0.25, -0.2) is 0 Å². The fraction of sp³-hybridized carbons (Fsp3) is 0.125. The molecule has 4 rings (SSSR count). The summed E-state index contributed by atoms with van der Waals surface area (Å²) in [6.45, 7) is 2.12. The lowest BCUT2D eigenvalue weighted by Crippen LogP contribution is -2.23. The van der Waals surface area contributed by atoms with E-state index in [4.69, 9.17) is 11.6 Å². The van der Waals surface area contributed by atoms with E-state index in [0.717, 1.165) is 22.3 Å². The highest BCUT2D eigenvalue weighted by molar-refractivity contribution is 6.30. The molecule has 2 unspecified atom stereocenters. The summed E-state index contributed by atoms with van der Waals surface area (Å²) >= 11 is 6.07. The summed E-state index contributed by atoms with van der Waals surface area (Å²) in [5, 5.41) is 0.705. The van der Waals surface area contributed by atoms with Gasteiger partial charge in [-0.2, -0.15) is 0 Å². The molecule has 0 saturated carbocycles. The number of allylic oxidation sites excluding steroid dienone is 2. The molecule has 3 aromatic rings. The smallest absolute Gasteiger partial charge is 0.171 e. The van der Waals surface area contributed by atoms with Crippen molar-refractivity contribution in [3.8, 4) is 0 Å². The largest absolute Gasteiger partial charge is 0.293 e. The van der Waals surface area contributed by atoms with Gasteiger partial charge in [-0.15, -0.1) is 0 Å². The Bertz CT molecular complexity index is 971. The maximum atomic E-state index is 13.5. The molecule has 0 fully saturated rings. The second-order valence-electron chi connectivity index (χ2n) is 6.72. The minimum atomic E-state index is -0.238. The van der Waals surface area contributed by atoms with Crippen LogP contribution in [0.3, 0.4) is 0 Å². The van der Waals surface area contributed by atoms with Crippen LogP contribution in [0.1, 0.15) is 45.8 Å². The predicted octanol–water partition coefficient (Wildman–Crippen LogP) is 6.51. The molecule has 0 aromatic heterocycles. The summed E-state index contributed by atoms with van der Waals surface area (Å²) in [5.74, 6) is -0.0879. The van der Waals surface area contributed by atoms with Crippen LogP contribution in [0, 0.1) is 0 Å². The van der Waals surface area contributed by atoms with Gasteiger partial charge in [0, 0.05) is 16.5 Å². The topological polar surface area (TPSA) is 17.1 Å². The molecule has 0 aliphatic heterocycles. The minimum Gasteiger partial charge on any atom is -0.293 e. The van der Waals surface area contributed by atoms with Gasteiger partial charge in [0.1, 0.15) is 0 Å². The molecule has 0 radical (unpaired) electrons. The number of rotatable bonds is 3. The quantitative estimate of drug-likeness (QED) is 0.488. The standard InChI is InChI=1S/C24H19ClO/c1-16-15-22(17-11-13-19(25)14-12-17)23(21-10-6-5-9-20(16)21)24(26)18-7-3-2-4-8-18/h2-15,22-23H,1H3. The summed E-state index contributed by atoms with van der Waals surface area (Å²) in [5.41, 5.74) is 5.32. The van der Waals surface area contributed by atoms with Gasteiger partial charge < -0.3 is 0 Å². The number of carbonyl (C=O) groups is 1. The third-order valence-corrected chi connectivity index (χ3v) is 5.36. The zero-order valence-electron chi connectivity index (χ0n) is 14.5. The second kappa shape index (κ2) is 6.93. The summed E-state index contributed by atoms with van der Waals surface area (Å²) in [6.07, 6.45) is 2.22. The first kappa shape index (κ1) is 16.8. The fourth-order valence-electron chi connectivity index (χ4n) is 3.84. The van der Waals surface area contributed by atoms with E-state index in [1.165, 1.54) is 5.57 Å². The third-order valence-electron chi connectivity index (χ3n) is 5.11. The molecule has 0 N–H and O–H groups in total. The molecule has 0 bridgehead atoms. The second-order valence-corrected chi connectivity index (χ2v) is 7.16. The number of Topliss-reactive ketones (excluding diaryl/α,β-unsaturated/α-hetero) is 1. The van der Waals surface area contributed by atoms with Crippen molar-refractivity contribution in [3.05, 3.63) is 112 Å². The minimum absolute atomic E-state index is 0.00475. The van der Waals surface area contributed by atoms with E-state index in [0.29, 0.717) is 5.02 Å². The summed E-state index contributed by atoms with van der Waals surface area (Å²) < 4.78 is 0. The Kier molecular flexibility index (Phi) is 4.48. The monoisotopic (exact) mass is 358 g/mol. The van der Waals surface area contributed by atoms with E-state index in [2.05, 4.69) is 25.1 Å². The first-order chi connectivity index (χ1) is 12.6. The van der Waals surface area contributed by atoms with Gasteiger partial charge in [0.05, 0.1) is 5.92 Å². The molecule has 0 saturated heterocycles. The Morgan fingerprint density at radius 2 is 1.50 bits per heavy atom. The Balaban J connectivity index is 1.87. The number of benzene rings is 3. The van der Waals surface area contributed by atoms with E-state index in [9.17, 15) is 4.79 Å². The summed E-state index contributed by atoms with van der Waals surface area (Å²) in [4.78, 5) is 13.5. The van der Waals surface area contributed by atoms with Crippen molar-refractivity contribution in [2.24, 2.45) is 0 Å². The summed E-state index contributed by atoms with van der Waals surface area (Å²) in [7, 11) is 0. The molecule has 1 aliphatic rings. The molecule has 1 nitrogen and oxygen atoms in total. The van der Waals surface area contributed by atoms with Gasteiger partial charge in [0.25, 0.3) is 0 Å². The van der Waals surface area contributed by atoms with Crippen LogP contribution < -0.4 is 0 Å².